The number of unbranched alkanes of at least 4 members (excludes halogenated alkanes) is 1. The third-order valence-corrected chi connectivity index (χ3v) is 8.70. The van der Waals surface area contributed by atoms with Crippen molar-refractivity contribution in [1.82, 2.24) is 20.0 Å². The number of ether oxygens (including phenoxy) is 4. The molecule has 0 aromatic heterocycles. The number of methoxy groups -OCH3 is 2. The summed E-state index contributed by atoms with van der Waals surface area (Å²) in [5.41, 5.74) is 8.64. The molecule has 23 nitrogen and oxygen atoms in total. The molecule has 0 spiro atoms. The number of hydrogen-bond donors (Lipinski definition) is 6. The molecule has 0 bridgehead atoms. The molecule has 0 aliphatic carbocycles. The lowest BCUT2D eigenvalue weighted by Crippen LogP contribution is -2.62. The molecule has 52 heavy (non-hydrogen) atoms. The van der Waals surface area contributed by atoms with Gasteiger partial charge in [-0.25, -0.2) is 14.2 Å². The zero-order valence-corrected chi connectivity index (χ0v) is 30.0. The molecule has 3 amide bonds. The van der Waals surface area contributed by atoms with Gasteiger partial charge >= 0.3 is 43.9 Å². The maximum absolute atomic E-state index is 12.5. The first-order valence-electron chi connectivity index (χ1n) is 15.9. The number of carboxylic acids is 2. The molecule has 0 aromatic carbocycles. The number of esters is 2. The Morgan fingerprint density at radius 3 is 2.13 bits per heavy atom. The number of carbonyl (C=O) groups excluding carboxylic acids is 5. The van der Waals surface area contributed by atoms with Crippen LogP contribution in [0.2, 0.25) is 0 Å². The molecule has 24 heteroatoms. The van der Waals surface area contributed by atoms with Crippen LogP contribution in [0.15, 0.2) is 0 Å². The number of phosphoric ester groups is 1. The van der Waals surface area contributed by atoms with Crippen molar-refractivity contribution < 1.29 is 81.2 Å². The van der Waals surface area contributed by atoms with Gasteiger partial charge in [0.05, 0.1) is 53.6 Å². The van der Waals surface area contributed by atoms with Crippen molar-refractivity contribution in [2.24, 2.45) is 11.5 Å². The van der Waals surface area contributed by atoms with Crippen molar-refractivity contribution in [3.8, 4) is 0 Å². The predicted octanol–water partition coefficient (Wildman–Crippen LogP) is -2.08. The summed E-state index contributed by atoms with van der Waals surface area (Å²) in [5.74, 6) is -4.05. The third-order valence-electron chi connectivity index (χ3n) is 7.72. The maximum Gasteiger partial charge on any atom is 0.472 e. The van der Waals surface area contributed by atoms with Gasteiger partial charge in [-0.1, -0.05) is 6.42 Å². The number of nitrogens with one attached hydrogen (secondary N) is 1. The zero-order chi connectivity index (χ0) is 39.3. The van der Waals surface area contributed by atoms with E-state index in [1.807, 2.05) is 0 Å². The first-order valence-corrected chi connectivity index (χ1v) is 17.4. The van der Waals surface area contributed by atoms with Gasteiger partial charge < -0.3 is 50.8 Å². The van der Waals surface area contributed by atoms with Crippen molar-refractivity contribution in [3.05, 3.63) is 0 Å². The molecule has 8 N–H and O–H groups in total. The van der Waals surface area contributed by atoms with Crippen LogP contribution >= 0.6 is 7.82 Å². The van der Waals surface area contributed by atoms with Crippen LogP contribution in [-0.4, -0.2) is 176 Å². The second-order valence-electron chi connectivity index (χ2n) is 11.6. The second kappa shape index (κ2) is 23.4. The Balaban J connectivity index is 2.92. The molecule has 1 aliphatic heterocycles. The fraction of sp³-hybridized carbons (Fsp3) is 0.750. The van der Waals surface area contributed by atoms with Crippen LogP contribution in [0.1, 0.15) is 32.1 Å². The Morgan fingerprint density at radius 2 is 1.54 bits per heavy atom. The molecule has 1 saturated heterocycles. The minimum absolute atomic E-state index is 0.0255. The molecule has 0 aromatic rings. The van der Waals surface area contributed by atoms with Gasteiger partial charge in [0.1, 0.15) is 6.61 Å². The minimum atomic E-state index is -4.72. The molecule has 0 radical (unpaired) electrons. The molecular formula is C28H49N6O17P. The number of aliphatic carboxylic acids is 2. The van der Waals surface area contributed by atoms with E-state index < -0.39 is 94.3 Å². The SMILES string of the molecule is COC(=O)CN1CCN(CC(=O)O)CCC(CCCCC(=O)NCCOP(=O)(O)OCC(COC(N)=O)OC(N)=O)(N(CC(=O)O)CC(=O)OC)C1. The highest BCUT2D eigenvalue weighted by Crippen LogP contribution is 2.43. The van der Waals surface area contributed by atoms with Gasteiger partial charge in [-0.3, -0.25) is 47.7 Å². The molecule has 1 fully saturated rings. The van der Waals surface area contributed by atoms with Crippen LogP contribution in [0, 0.1) is 0 Å². The van der Waals surface area contributed by atoms with E-state index in [4.69, 9.17) is 30.0 Å². The number of carboxylic acid groups (broad SMARTS) is 2. The Kier molecular flexibility index (Phi) is 20.7. The van der Waals surface area contributed by atoms with Crippen molar-refractivity contribution in [3.63, 3.8) is 0 Å². The van der Waals surface area contributed by atoms with E-state index >= 15 is 0 Å². The maximum atomic E-state index is 12.5. The standard InChI is InChI=1S/C28H49N6O17P/c1-46-24(40)15-33-11-10-32(13-22(36)37)9-7-28(19-33,34(14-23(38)39)16-25(41)47-2)6-4-3-5-21(35)31-8-12-49-52(44,45)50-18-20(51-27(30)43)17-48-26(29)42/h20H,3-19H2,1-2H3,(H2,29,42)(H2,30,43)(H,31,35)(H,36,37)(H,38,39)(H,44,45). The lowest BCUT2D eigenvalue weighted by Gasteiger charge is -2.48. The average Bonchev–Trinajstić information content (AvgIpc) is 3.05. The summed E-state index contributed by atoms with van der Waals surface area (Å²) in [5, 5.41) is 21.7. The summed E-state index contributed by atoms with van der Waals surface area (Å²) in [6, 6.07) is 0. The van der Waals surface area contributed by atoms with Gasteiger partial charge in [0.25, 0.3) is 0 Å². The Morgan fingerprint density at radius 1 is 0.865 bits per heavy atom. The van der Waals surface area contributed by atoms with Crippen LogP contribution in [0.3, 0.4) is 0 Å². The Bertz CT molecular complexity index is 1280. The summed E-state index contributed by atoms with van der Waals surface area (Å²) in [4.78, 5) is 97.2. The van der Waals surface area contributed by atoms with E-state index in [-0.39, 0.29) is 65.0 Å². The number of hydrogen-bond acceptors (Lipinski definition) is 17. The largest absolute Gasteiger partial charge is 0.480 e. The number of primary amides is 2. The number of carbonyl (C=O) groups is 7. The molecular weight excluding hydrogens is 723 g/mol. The lowest BCUT2D eigenvalue weighted by atomic mass is 9.84. The van der Waals surface area contributed by atoms with Gasteiger partial charge in [-0.05, 0) is 19.3 Å². The summed E-state index contributed by atoms with van der Waals surface area (Å²) in [6.07, 6.45) is -2.82. The van der Waals surface area contributed by atoms with Gasteiger partial charge in [-0.2, -0.15) is 0 Å². The van der Waals surface area contributed by atoms with E-state index in [2.05, 4.69) is 14.8 Å². The van der Waals surface area contributed by atoms with Crippen molar-refractivity contribution in [1.29, 1.82) is 0 Å². The molecule has 3 atom stereocenters. The highest BCUT2D eigenvalue weighted by Gasteiger charge is 2.42. The monoisotopic (exact) mass is 772 g/mol. The number of amides is 3. The molecule has 3 unspecified atom stereocenters. The van der Waals surface area contributed by atoms with Crippen molar-refractivity contribution >= 4 is 49.8 Å². The smallest absolute Gasteiger partial charge is 0.472 e. The normalized spacial score (nSPS) is 18.5. The van der Waals surface area contributed by atoms with E-state index in [1.54, 1.807) is 9.80 Å². The Labute approximate surface area is 299 Å². The lowest BCUT2D eigenvalue weighted by molar-refractivity contribution is -0.150. The number of phosphoric acid groups is 1. The van der Waals surface area contributed by atoms with Gasteiger partial charge in [0.15, 0.2) is 6.10 Å². The van der Waals surface area contributed by atoms with E-state index in [0.717, 1.165) is 7.11 Å². The van der Waals surface area contributed by atoms with Crippen LogP contribution in [0.4, 0.5) is 9.59 Å². The molecule has 1 aliphatic rings. The van der Waals surface area contributed by atoms with Crippen LogP contribution in [0.25, 0.3) is 0 Å². The van der Waals surface area contributed by atoms with Crippen LogP contribution < -0.4 is 16.8 Å². The van der Waals surface area contributed by atoms with Crippen molar-refractivity contribution in [2.75, 3.05) is 92.9 Å². The van der Waals surface area contributed by atoms with E-state index in [0.29, 0.717) is 13.0 Å². The van der Waals surface area contributed by atoms with E-state index in [1.165, 1.54) is 12.0 Å². The summed E-state index contributed by atoms with van der Waals surface area (Å²) < 4.78 is 40.4. The summed E-state index contributed by atoms with van der Waals surface area (Å²) in [7, 11) is -2.35. The number of nitrogens with zero attached hydrogens (tertiary/aromatic N) is 3. The first kappa shape index (κ1) is 45.9. The van der Waals surface area contributed by atoms with E-state index in [9.17, 15) is 53.2 Å². The fourth-order valence-electron chi connectivity index (χ4n) is 5.31. The number of rotatable bonds is 24. The molecule has 1 heterocycles. The first-order chi connectivity index (χ1) is 24.4. The second-order valence-corrected chi connectivity index (χ2v) is 13.1. The van der Waals surface area contributed by atoms with Crippen molar-refractivity contribution in [2.45, 2.75) is 43.7 Å². The molecule has 298 valence electrons. The van der Waals surface area contributed by atoms with Gasteiger partial charge in [0.2, 0.25) is 5.91 Å². The highest BCUT2D eigenvalue weighted by molar-refractivity contribution is 7.47. The van der Waals surface area contributed by atoms with Gasteiger partial charge in [0, 0.05) is 44.7 Å². The quantitative estimate of drug-likeness (QED) is 0.0265. The van der Waals surface area contributed by atoms with Crippen LogP contribution in [0.5, 0.6) is 0 Å². The molecule has 0 saturated carbocycles. The average molecular weight is 773 g/mol. The summed E-state index contributed by atoms with van der Waals surface area (Å²) in [6.45, 7) is -2.63. The topological polar surface area (TPSA) is 326 Å². The minimum Gasteiger partial charge on any atom is -0.480 e. The highest BCUT2D eigenvalue weighted by atomic mass is 31.2. The van der Waals surface area contributed by atoms with Gasteiger partial charge in [-0.15, -0.1) is 0 Å². The molecule has 1 rings (SSSR count). The Hall–Kier alpha value is -4.12. The zero-order valence-electron chi connectivity index (χ0n) is 29.1. The fourth-order valence-corrected chi connectivity index (χ4v) is 6.06. The third kappa shape index (κ3) is 19.5. The van der Waals surface area contributed by atoms with Crippen LogP contribution in [-0.2, 0) is 56.5 Å². The predicted molar refractivity (Wildman–Crippen MR) is 174 cm³/mol. The summed E-state index contributed by atoms with van der Waals surface area (Å²) >= 11 is 0. The number of nitrogens with two attached hydrogens (primary N) is 2.